The van der Waals surface area contributed by atoms with Crippen molar-refractivity contribution in [2.24, 2.45) is 11.0 Å². The summed E-state index contributed by atoms with van der Waals surface area (Å²) in [6.07, 6.45) is 0. The zero-order valence-electron chi connectivity index (χ0n) is 8.92. The number of azide groups is 1. The van der Waals surface area contributed by atoms with Gasteiger partial charge in [0.1, 0.15) is 0 Å². The van der Waals surface area contributed by atoms with E-state index in [2.05, 4.69) is 15.5 Å². The Kier molecular flexibility index (Phi) is 4.32. The SMILES string of the molecule is CC(C(=O)NN)c1ccc(CN=[N+]=[N-])cc1. The molecule has 84 valence electrons. The summed E-state index contributed by atoms with van der Waals surface area (Å²) in [5.41, 5.74) is 12.0. The zero-order valence-corrected chi connectivity index (χ0v) is 8.92. The Bertz CT molecular complexity index is 408. The van der Waals surface area contributed by atoms with Crippen LogP contribution in [0.1, 0.15) is 24.0 Å². The minimum Gasteiger partial charge on any atom is -0.294 e. The van der Waals surface area contributed by atoms with Crippen molar-refractivity contribution in [3.63, 3.8) is 0 Å². The van der Waals surface area contributed by atoms with Gasteiger partial charge in [0.05, 0.1) is 12.5 Å². The minimum atomic E-state index is -0.293. The molecule has 0 heterocycles. The fourth-order valence-corrected chi connectivity index (χ4v) is 1.30. The van der Waals surface area contributed by atoms with Gasteiger partial charge in [-0.3, -0.25) is 10.2 Å². The van der Waals surface area contributed by atoms with Gasteiger partial charge in [-0.25, -0.2) is 5.84 Å². The zero-order chi connectivity index (χ0) is 12.0. The number of hydrogen-bond acceptors (Lipinski definition) is 3. The standard InChI is InChI=1S/C10H13N5O/c1-7(10(16)14-11)9-4-2-8(3-5-9)6-13-15-12/h2-5,7H,6,11H2,1H3,(H,14,16). The van der Waals surface area contributed by atoms with E-state index in [1.807, 2.05) is 24.3 Å². The normalized spacial score (nSPS) is 11.4. The molecule has 6 heteroatoms. The summed E-state index contributed by atoms with van der Waals surface area (Å²) in [4.78, 5) is 13.9. The maximum absolute atomic E-state index is 11.3. The van der Waals surface area contributed by atoms with Crippen molar-refractivity contribution in [3.8, 4) is 0 Å². The van der Waals surface area contributed by atoms with Crippen molar-refractivity contribution >= 4 is 5.91 Å². The second-order valence-electron chi connectivity index (χ2n) is 3.36. The molecule has 1 amide bonds. The Labute approximate surface area is 93.0 Å². The summed E-state index contributed by atoms with van der Waals surface area (Å²) >= 11 is 0. The molecule has 1 aromatic carbocycles. The van der Waals surface area contributed by atoms with Gasteiger partial charge in [0.2, 0.25) is 5.91 Å². The Morgan fingerprint density at radius 3 is 2.69 bits per heavy atom. The van der Waals surface area contributed by atoms with Gasteiger partial charge in [-0.2, -0.15) is 0 Å². The number of rotatable bonds is 4. The van der Waals surface area contributed by atoms with E-state index >= 15 is 0 Å². The summed E-state index contributed by atoms with van der Waals surface area (Å²) in [6, 6.07) is 7.29. The van der Waals surface area contributed by atoms with E-state index in [1.165, 1.54) is 0 Å². The molecule has 3 N–H and O–H groups in total. The van der Waals surface area contributed by atoms with Gasteiger partial charge in [-0.05, 0) is 23.6 Å². The highest BCUT2D eigenvalue weighted by atomic mass is 16.2. The van der Waals surface area contributed by atoms with E-state index in [9.17, 15) is 4.79 Å². The number of nitrogens with one attached hydrogen (secondary N) is 1. The predicted molar refractivity (Wildman–Crippen MR) is 60.0 cm³/mol. The molecule has 0 spiro atoms. The lowest BCUT2D eigenvalue weighted by Crippen LogP contribution is -2.33. The molecule has 0 saturated carbocycles. The Balaban J connectivity index is 2.77. The first-order valence-corrected chi connectivity index (χ1v) is 4.79. The van der Waals surface area contributed by atoms with Gasteiger partial charge < -0.3 is 0 Å². The van der Waals surface area contributed by atoms with Gasteiger partial charge in [-0.15, -0.1) is 0 Å². The molecule has 1 aromatic rings. The Morgan fingerprint density at radius 1 is 1.56 bits per heavy atom. The van der Waals surface area contributed by atoms with Crippen LogP contribution >= 0.6 is 0 Å². The molecule has 16 heavy (non-hydrogen) atoms. The molecule has 0 fully saturated rings. The van der Waals surface area contributed by atoms with Crippen LogP contribution in [0.2, 0.25) is 0 Å². The van der Waals surface area contributed by atoms with E-state index < -0.39 is 0 Å². The van der Waals surface area contributed by atoms with Crippen LogP contribution in [0.5, 0.6) is 0 Å². The maximum atomic E-state index is 11.3. The van der Waals surface area contributed by atoms with E-state index in [1.54, 1.807) is 6.92 Å². The summed E-state index contributed by atoms with van der Waals surface area (Å²) in [5, 5.41) is 3.45. The number of benzene rings is 1. The first-order valence-electron chi connectivity index (χ1n) is 4.79. The van der Waals surface area contributed by atoms with Gasteiger partial charge >= 0.3 is 0 Å². The fraction of sp³-hybridized carbons (Fsp3) is 0.300. The average Bonchev–Trinajstić information content (AvgIpc) is 2.35. The lowest BCUT2D eigenvalue weighted by Gasteiger charge is -2.10. The van der Waals surface area contributed by atoms with E-state index in [0.29, 0.717) is 6.54 Å². The number of carbonyl (C=O) groups excluding carboxylic acids is 1. The lowest BCUT2D eigenvalue weighted by molar-refractivity contribution is -0.122. The summed E-state index contributed by atoms with van der Waals surface area (Å²) in [6.45, 7) is 2.08. The molecule has 0 aliphatic heterocycles. The molecule has 0 bridgehead atoms. The van der Waals surface area contributed by atoms with Gasteiger partial charge in [0, 0.05) is 4.91 Å². The maximum Gasteiger partial charge on any atom is 0.241 e. The molecule has 1 unspecified atom stereocenters. The highest BCUT2D eigenvalue weighted by molar-refractivity contribution is 5.82. The quantitative estimate of drug-likeness (QED) is 0.200. The number of nitrogens with two attached hydrogens (primary N) is 1. The third kappa shape index (κ3) is 2.98. The molecule has 0 aliphatic rings. The largest absolute Gasteiger partial charge is 0.294 e. The van der Waals surface area contributed by atoms with Crippen molar-refractivity contribution in [1.29, 1.82) is 0 Å². The van der Waals surface area contributed by atoms with Crippen LogP contribution in [0.15, 0.2) is 29.4 Å². The monoisotopic (exact) mass is 219 g/mol. The number of carbonyl (C=O) groups is 1. The molecular formula is C10H13N5O. The van der Waals surface area contributed by atoms with Crippen LogP contribution < -0.4 is 11.3 Å². The first-order chi connectivity index (χ1) is 7.69. The lowest BCUT2D eigenvalue weighted by atomic mass is 9.99. The molecule has 6 nitrogen and oxygen atoms in total. The van der Waals surface area contributed by atoms with Crippen molar-refractivity contribution < 1.29 is 4.79 Å². The van der Waals surface area contributed by atoms with Crippen LogP contribution in [0.4, 0.5) is 0 Å². The molecule has 0 saturated heterocycles. The van der Waals surface area contributed by atoms with E-state index in [0.717, 1.165) is 11.1 Å². The van der Waals surface area contributed by atoms with Gasteiger partial charge in [-0.1, -0.05) is 29.4 Å². The molecule has 0 aromatic heterocycles. The highest BCUT2D eigenvalue weighted by Crippen LogP contribution is 2.16. The Morgan fingerprint density at radius 2 is 2.19 bits per heavy atom. The Hall–Kier alpha value is -2.04. The van der Waals surface area contributed by atoms with Crippen LogP contribution in [-0.2, 0) is 11.3 Å². The third-order valence-corrected chi connectivity index (χ3v) is 2.33. The van der Waals surface area contributed by atoms with E-state index in [4.69, 9.17) is 11.4 Å². The predicted octanol–water partition coefficient (Wildman–Crippen LogP) is 1.59. The van der Waals surface area contributed by atoms with Crippen molar-refractivity contribution in [3.05, 3.63) is 45.8 Å². The van der Waals surface area contributed by atoms with Crippen molar-refractivity contribution in [1.82, 2.24) is 5.43 Å². The van der Waals surface area contributed by atoms with Crippen LogP contribution in [0, 0.1) is 0 Å². The second kappa shape index (κ2) is 5.75. The topological polar surface area (TPSA) is 104 Å². The summed E-state index contributed by atoms with van der Waals surface area (Å²) in [5.74, 6) is 4.52. The molecular weight excluding hydrogens is 206 g/mol. The highest BCUT2D eigenvalue weighted by Gasteiger charge is 2.13. The van der Waals surface area contributed by atoms with Crippen molar-refractivity contribution in [2.45, 2.75) is 19.4 Å². The van der Waals surface area contributed by atoms with E-state index in [-0.39, 0.29) is 11.8 Å². The van der Waals surface area contributed by atoms with Crippen LogP contribution in [0.25, 0.3) is 10.4 Å². The average molecular weight is 219 g/mol. The van der Waals surface area contributed by atoms with Gasteiger partial charge in [0.15, 0.2) is 0 Å². The van der Waals surface area contributed by atoms with Crippen LogP contribution in [0.3, 0.4) is 0 Å². The van der Waals surface area contributed by atoms with Crippen LogP contribution in [-0.4, -0.2) is 5.91 Å². The van der Waals surface area contributed by atoms with Crippen molar-refractivity contribution in [2.75, 3.05) is 0 Å². The molecule has 1 rings (SSSR count). The minimum absolute atomic E-state index is 0.234. The van der Waals surface area contributed by atoms with Gasteiger partial charge in [0.25, 0.3) is 0 Å². The summed E-state index contributed by atoms with van der Waals surface area (Å²) in [7, 11) is 0. The number of nitrogens with zero attached hydrogens (tertiary/aromatic N) is 3. The second-order valence-corrected chi connectivity index (χ2v) is 3.36. The third-order valence-electron chi connectivity index (χ3n) is 2.33. The number of amides is 1. The molecule has 1 atom stereocenters. The number of hydrogen-bond donors (Lipinski definition) is 2. The molecule has 0 aliphatic carbocycles. The fourth-order valence-electron chi connectivity index (χ4n) is 1.30. The molecule has 0 radical (unpaired) electrons. The first kappa shape index (κ1) is 12.0. The smallest absolute Gasteiger partial charge is 0.241 e. The number of hydrazine groups is 1. The summed E-state index contributed by atoms with van der Waals surface area (Å²) < 4.78 is 0.